The van der Waals surface area contributed by atoms with Crippen LogP contribution >= 0.6 is 11.6 Å². The van der Waals surface area contributed by atoms with Crippen LogP contribution in [0.1, 0.15) is 11.5 Å². The van der Waals surface area contributed by atoms with Crippen LogP contribution in [0.25, 0.3) is 11.3 Å². The van der Waals surface area contributed by atoms with E-state index in [4.69, 9.17) is 25.2 Å². The lowest BCUT2D eigenvalue weighted by Crippen LogP contribution is -2.09. The van der Waals surface area contributed by atoms with E-state index in [1.54, 1.807) is 37.6 Å². The Bertz CT molecular complexity index is 1540. The summed E-state index contributed by atoms with van der Waals surface area (Å²) in [6, 6.07) is 18.8. The van der Waals surface area contributed by atoms with E-state index in [0.29, 0.717) is 35.5 Å². The first-order valence-electron chi connectivity index (χ1n) is 11.3. The van der Waals surface area contributed by atoms with Crippen molar-refractivity contribution in [2.45, 2.75) is 6.54 Å². The molecule has 12 heteroatoms. The summed E-state index contributed by atoms with van der Waals surface area (Å²) in [5, 5.41) is 10.4. The summed E-state index contributed by atoms with van der Waals surface area (Å²) in [4.78, 5) is 13.2. The minimum atomic E-state index is -0.496. The van der Waals surface area contributed by atoms with Crippen molar-refractivity contribution >= 4 is 41.3 Å². The Kier molecular flexibility index (Phi) is 7.46. The summed E-state index contributed by atoms with van der Waals surface area (Å²) >= 11 is 5.87. The molecule has 192 valence electrons. The molecule has 0 fully saturated rings. The van der Waals surface area contributed by atoms with Crippen molar-refractivity contribution in [1.82, 2.24) is 15.0 Å². The number of rotatable bonds is 10. The molecule has 0 radical (unpaired) electrons. The molecule has 10 nitrogen and oxygen atoms in total. The van der Waals surface area contributed by atoms with Gasteiger partial charge in [-0.2, -0.15) is 20.1 Å². The lowest BCUT2D eigenvalue weighted by atomic mass is 10.2. The number of anilines is 4. The molecule has 0 aliphatic rings. The summed E-state index contributed by atoms with van der Waals surface area (Å²) in [6.07, 6.45) is 3.05. The summed E-state index contributed by atoms with van der Waals surface area (Å²) in [5.74, 6) is 2.71. The topological polar surface area (TPSA) is 123 Å². The summed E-state index contributed by atoms with van der Waals surface area (Å²) in [6.45, 7) is 0.379. The van der Waals surface area contributed by atoms with Gasteiger partial charge in [0, 0.05) is 11.3 Å². The number of hydrogen-bond donors (Lipinski definition) is 3. The Morgan fingerprint density at radius 2 is 1.82 bits per heavy atom. The zero-order valence-corrected chi connectivity index (χ0v) is 20.7. The molecule has 0 amide bonds. The molecule has 38 heavy (non-hydrogen) atoms. The SMILES string of the molecule is COc1ccc(Nc2nc(NCc3ccco3)nc(N/N=C/c3ccc(-c4ccc(F)c(Cl)c4)o3)n2)cc1. The standard InChI is InChI=1S/C26H21ClFN7O3/c1-36-18-7-5-17(6-8-18)31-25-32-24(29-14-19-3-2-12-37-19)33-26(34-25)35-30-15-20-9-11-23(38-20)16-4-10-22(28)21(27)13-16/h2-13,15H,14H2,1H3,(H3,29,31,32,33,34,35)/b30-15+. The number of halogens is 2. The van der Waals surface area contributed by atoms with Crippen molar-refractivity contribution in [1.29, 1.82) is 0 Å². The van der Waals surface area contributed by atoms with E-state index in [9.17, 15) is 4.39 Å². The Morgan fingerprint density at radius 3 is 2.58 bits per heavy atom. The fourth-order valence-electron chi connectivity index (χ4n) is 3.32. The number of nitrogens with zero attached hydrogens (tertiary/aromatic N) is 4. The second-order valence-corrected chi connectivity index (χ2v) is 8.20. The summed E-state index contributed by atoms with van der Waals surface area (Å²) in [7, 11) is 1.60. The molecule has 0 aliphatic heterocycles. The number of methoxy groups -OCH3 is 1. The van der Waals surface area contributed by atoms with Gasteiger partial charge in [0.1, 0.15) is 28.8 Å². The Balaban J connectivity index is 1.31. The second kappa shape index (κ2) is 11.4. The highest BCUT2D eigenvalue weighted by atomic mass is 35.5. The highest BCUT2D eigenvalue weighted by molar-refractivity contribution is 6.31. The summed E-state index contributed by atoms with van der Waals surface area (Å²) < 4.78 is 29.8. The number of benzene rings is 2. The largest absolute Gasteiger partial charge is 0.497 e. The van der Waals surface area contributed by atoms with Crippen molar-refractivity contribution in [3.8, 4) is 17.1 Å². The number of nitrogens with one attached hydrogen (secondary N) is 3. The molecule has 0 saturated carbocycles. The summed E-state index contributed by atoms with van der Waals surface area (Å²) in [5.41, 5.74) is 4.19. The highest BCUT2D eigenvalue weighted by Gasteiger charge is 2.09. The number of aromatic nitrogens is 3. The maximum Gasteiger partial charge on any atom is 0.250 e. The quantitative estimate of drug-likeness (QED) is 0.140. The maximum absolute atomic E-state index is 13.5. The molecule has 2 aromatic carbocycles. The van der Waals surface area contributed by atoms with E-state index in [1.165, 1.54) is 18.3 Å². The van der Waals surface area contributed by atoms with Crippen LogP contribution < -0.4 is 20.8 Å². The molecule has 0 saturated heterocycles. The fraction of sp³-hybridized carbons (Fsp3) is 0.0769. The molecule has 3 aromatic heterocycles. The number of furan rings is 2. The molecule has 0 spiro atoms. The first-order valence-corrected chi connectivity index (χ1v) is 11.7. The van der Waals surface area contributed by atoms with Crippen molar-refractivity contribution < 1.29 is 18.0 Å². The molecular weight excluding hydrogens is 513 g/mol. The van der Waals surface area contributed by atoms with Crippen LogP contribution in [-0.2, 0) is 6.54 Å². The van der Waals surface area contributed by atoms with E-state index >= 15 is 0 Å². The molecule has 0 bridgehead atoms. The van der Waals surface area contributed by atoms with E-state index in [0.717, 1.165) is 17.2 Å². The maximum atomic E-state index is 13.5. The third kappa shape index (κ3) is 6.26. The number of ether oxygens (including phenoxy) is 1. The van der Waals surface area contributed by atoms with Crippen LogP contribution in [0.2, 0.25) is 5.02 Å². The highest BCUT2D eigenvalue weighted by Crippen LogP contribution is 2.26. The van der Waals surface area contributed by atoms with Crippen LogP contribution in [0, 0.1) is 5.82 Å². The average molecular weight is 534 g/mol. The van der Waals surface area contributed by atoms with Gasteiger partial charge in [0.15, 0.2) is 0 Å². The molecule has 0 unspecified atom stereocenters. The van der Waals surface area contributed by atoms with E-state index in [-0.39, 0.29) is 11.0 Å². The lowest BCUT2D eigenvalue weighted by molar-refractivity contribution is 0.415. The smallest absolute Gasteiger partial charge is 0.250 e. The van der Waals surface area contributed by atoms with Crippen LogP contribution in [0.15, 0.2) is 86.9 Å². The van der Waals surface area contributed by atoms with Crippen LogP contribution in [0.4, 0.5) is 27.9 Å². The average Bonchev–Trinajstić information content (AvgIpc) is 3.62. The third-order valence-corrected chi connectivity index (χ3v) is 5.46. The van der Waals surface area contributed by atoms with Gasteiger partial charge in [0.2, 0.25) is 17.8 Å². The Labute approximate surface area is 221 Å². The Morgan fingerprint density at radius 1 is 1.00 bits per heavy atom. The molecule has 3 heterocycles. The normalized spacial score (nSPS) is 11.0. The first kappa shape index (κ1) is 24.8. The number of hydrazone groups is 1. The van der Waals surface area contributed by atoms with Gasteiger partial charge in [-0.15, -0.1) is 0 Å². The van der Waals surface area contributed by atoms with Crippen LogP contribution in [-0.4, -0.2) is 28.3 Å². The van der Waals surface area contributed by atoms with Crippen molar-refractivity contribution in [3.05, 3.63) is 95.4 Å². The predicted octanol–water partition coefficient (Wildman–Crippen LogP) is 6.33. The number of hydrogen-bond acceptors (Lipinski definition) is 10. The second-order valence-electron chi connectivity index (χ2n) is 7.79. The monoisotopic (exact) mass is 533 g/mol. The van der Waals surface area contributed by atoms with Gasteiger partial charge in [0.25, 0.3) is 0 Å². The van der Waals surface area contributed by atoms with E-state index in [2.05, 4.69) is 36.1 Å². The van der Waals surface area contributed by atoms with Crippen molar-refractivity contribution in [3.63, 3.8) is 0 Å². The first-order chi connectivity index (χ1) is 18.6. The third-order valence-electron chi connectivity index (χ3n) is 5.17. The molecule has 3 N–H and O–H groups in total. The van der Waals surface area contributed by atoms with Crippen molar-refractivity contribution in [2.24, 2.45) is 5.10 Å². The molecule has 5 aromatic rings. The van der Waals surface area contributed by atoms with Gasteiger partial charge >= 0.3 is 0 Å². The Hall–Kier alpha value is -4.90. The zero-order valence-electron chi connectivity index (χ0n) is 20.0. The molecule has 5 rings (SSSR count). The van der Waals surface area contributed by atoms with Crippen LogP contribution in [0.5, 0.6) is 5.75 Å². The molecular formula is C26H21ClFN7O3. The van der Waals surface area contributed by atoms with Gasteiger partial charge < -0.3 is 24.2 Å². The molecule has 0 atom stereocenters. The molecule has 0 aliphatic carbocycles. The van der Waals surface area contributed by atoms with Gasteiger partial charge in [-0.1, -0.05) is 11.6 Å². The van der Waals surface area contributed by atoms with E-state index in [1.807, 2.05) is 30.3 Å². The van der Waals surface area contributed by atoms with Crippen molar-refractivity contribution in [2.75, 3.05) is 23.2 Å². The van der Waals surface area contributed by atoms with E-state index < -0.39 is 5.82 Å². The minimum Gasteiger partial charge on any atom is -0.497 e. The zero-order chi connectivity index (χ0) is 26.3. The van der Waals surface area contributed by atoms with Gasteiger partial charge in [-0.25, -0.2) is 9.82 Å². The minimum absolute atomic E-state index is 0.0149. The predicted molar refractivity (Wildman–Crippen MR) is 142 cm³/mol. The lowest BCUT2D eigenvalue weighted by Gasteiger charge is -2.10. The van der Waals surface area contributed by atoms with Gasteiger partial charge in [-0.3, -0.25) is 0 Å². The van der Waals surface area contributed by atoms with Gasteiger partial charge in [0.05, 0.1) is 31.2 Å². The van der Waals surface area contributed by atoms with Crippen LogP contribution in [0.3, 0.4) is 0 Å². The fourth-order valence-corrected chi connectivity index (χ4v) is 3.50. The van der Waals surface area contributed by atoms with Gasteiger partial charge in [-0.05, 0) is 66.7 Å².